The topological polar surface area (TPSA) is 87.9 Å². The molecule has 0 unspecified atom stereocenters. The Labute approximate surface area is 162 Å². The quantitative estimate of drug-likeness (QED) is 0.673. The summed E-state index contributed by atoms with van der Waals surface area (Å²) < 4.78 is 15.7. The number of aliphatic hydroxyl groups excluding tert-OH is 1. The second-order valence-corrected chi connectivity index (χ2v) is 6.90. The van der Waals surface area contributed by atoms with Gasteiger partial charge in [-0.2, -0.15) is 0 Å². The van der Waals surface area contributed by atoms with Crippen LogP contribution in [-0.2, 0) is 4.74 Å². The summed E-state index contributed by atoms with van der Waals surface area (Å²) >= 11 is 1.41. The van der Waals surface area contributed by atoms with Gasteiger partial charge in [0.1, 0.15) is 16.6 Å². The highest BCUT2D eigenvalue weighted by molar-refractivity contribution is 7.11. The summed E-state index contributed by atoms with van der Waals surface area (Å²) in [6, 6.07) is 5.60. The Bertz CT molecular complexity index is 862. The number of methoxy groups -OCH3 is 3. The summed E-state index contributed by atoms with van der Waals surface area (Å²) in [6.07, 6.45) is 0.800. The molecule has 144 valence electrons. The smallest absolute Gasteiger partial charge is 0.161 e. The number of benzene rings is 1. The van der Waals surface area contributed by atoms with Crippen molar-refractivity contribution in [3.8, 4) is 22.8 Å². The van der Waals surface area contributed by atoms with Crippen molar-refractivity contribution in [1.29, 1.82) is 5.41 Å². The first-order valence-electron chi connectivity index (χ1n) is 8.52. The lowest BCUT2D eigenvalue weighted by Gasteiger charge is -2.17. The zero-order valence-electron chi connectivity index (χ0n) is 15.6. The number of rotatable bonds is 8. The van der Waals surface area contributed by atoms with Crippen LogP contribution in [-0.4, -0.2) is 61.9 Å². The van der Waals surface area contributed by atoms with Crippen molar-refractivity contribution >= 4 is 22.7 Å². The van der Waals surface area contributed by atoms with Gasteiger partial charge in [-0.1, -0.05) is 0 Å². The molecule has 2 heterocycles. The molecule has 27 heavy (non-hydrogen) atoms. The van der Waals surface area contributed by atoms with E-state index in [4.69, 9.17) is 19.6 Å². The van der Waals surface area contributed by atoms with E-state index in [2.05, 4.69) is 4.98 Å². The van der Waals surface area contributed by atoms with Crippen molar-refractivity contribution in [1.82, 2.24) is 9.88 Å². The van der Waals surface area contributed by atoms with Crippen LogP contribution in [0.5, 0.6) is 11.5 Å². The highest BCUT2D eigenvalue weighted by Crippen LogP contribution is 2.35. The first kappa shape index (κ1) is 19.2. The van der Waals surface area contributed by atoms with Crippen LogP contribution in [0.15, 0.2) is 29.3 Å². The maximum Gasteiger partial charge on any atom is 0.161 e. The molecule has 0 amide bonds. The normalized spacial score (nSPS) is 14.2. The van der Waals surface area contributed by atoms with Gasteiger partial charge >= 0.3 is 0 Å². The van der Waals surface area contributed by atoms with Crippen molar-refractivity contribution in [3.63, 3.8) is 0 Å². The average molecular weight is 389 g/mol. The molecule has 0 radical (unpaired) electrons. The molecule has 1 aliphatic heterocycles. The molecule has 2 N–H and O–H groups in total. The summed E-state index contributed by atoms with van der Waals surface area (Å²) in [5, 5.41) is 21.3. The van der Waals surface area contributed by atoms with Crippen molar-refractivity contribution in [2.45, 2.75) is 6.42 Å². The molecule has 0 saturated heterocycles. The van der Waals surface area contributed by atoms with Crippen LogP contribution in [0.1, 0.15) is 11.4 Å². The molecule has 7 nitrogen and oxygen atoms in total. The van der Waals surface area contributed by atoms with Crippen LogP contribution in [0, 0.1) is 5.41 Å². The van der Waals surface area contributed by atoms with Gasteiger partial charge in [-0.25, -0.2) is 4.98 Å². The summed E-state index contributed by atoms with van der Waals surface area (Å²) in [5.41, 5.74) is 2.16. The molecule has 8 heteroatoms. The Kier molecular flexibility index (Phi) is 5.98. The number of aromatic nitrogens is 1. The number of ether oxygens (including phenoxy) is 3. The van der Waals surface area contributed by atoms with Crippen molar-refractivity contribution < 1.29 is 19.3 Å². The minimum absolute atomic E-state index is 0.186. The summed E-state index contributed by atoms with van der Waals surface area (Å²) in [7, 11) is 4.84. The molecule has 3 rings (SSSR count). The van der Waals surface area contributed by atoms with Gasteiger partial charge in [0, 0.05) is 31.2 Å². The number of nitrogens with zero attached hydrogens (tertiary/aromatic N) is 2. The van der Waals surface area contributed by atoms with E-state index in [0.717, 1.165) is 17.7 Å². The Morgan fingerprint density at radius 2 is 2.00 bits per heavy atom. The van der Waals surface area contributed by atoms with E-state index < -0.39 is 0 Å². The summed E-state index contributed by atoms with van der Waals surface area (Å²) in [6.45, 7) is 1.62. The first-order valence-corrected chi connectivity index (χ1v) is 9.40. The average Bonchev–Trinajstić information content (AvgIpc) is 3.26. The molecule has 0 atom stereocenters. The Morgan fingerprint density at radius 1 is 1.22 bits per heavy atom. The maximum absolute atomic E-state index is 10.4. The SMILES string of the molecule is COCCCN1CC(O)=C(c2nc(-c3ccc(OC)c(OC)c3)cs2)C1=N. The van der Waals surface area contributed by atoms with Crippen LogP contribution in [0.3, 0.4) is 0 Å². The van der Waals surface area contributed by atoms with Gasteiger partial charge < -0.3 is 24.2 Å². The van der Waals surface area contributed by atoms with Gasteiger partial charge in [0.2, 0.25) is 0 Å². The largest absolute Gasteiger partial charge is 0.510 e. The van der Waals surface area contributed by atoms with Crippen LogP contribution in [0.25, 0.3) is 16.8 Å². The van der Waals surface area contributed by atoms with E-state index in [1.165, 1.54) is 11.3 Å². The minimum atomic E-state index is 0.186. The standard InChI is InChI=1S/C19H23N3O4S/c1-24-8-4-7-22-10-14(23)17(18(22)20)19-21-13(11-27-19)12-5-6-15(25-2)16(9-12)26-3/h5-6,9,11,20,23H,4,7-8,10H2,1-3H3. The van der Waals surface area contributed by atoms with Gasteiger partial charge in [0.05, 0.1) is 32.0 Å². The van der Waals surface area contributed by atoms with Crippen molar-refractivity contribution in [2.24, 2.45) is 0 Å². The fourth-order valence-corrected chi connectivity index (χ4v) is 3.86. The van der Waals surface area contributed by atoms with Gasteiger partial charge in [-0.05, 0) is 24.6 Å². The molecule has 0 spiro atoms. The Hall–Kier alpha value is -2.58. The van der Waals surface area contributed by atoms with Crippen LogP contribution in [0.4, 0.5) is 0 Å². The van der Waals surface area contributed by atoms with E-state index in [0.29, 0.717) is 47.6 Å². The Balaban J connectivity index is 1.81. The number of thiazole rings is 1. The van der Waals surface area contributed by atoms with E-state index in [-0.39, 0.29) is 5.76 Å². The predicted molar refractivity (Wildman–Crippen MR) is 106 cm³/mol. The molecular weight excluding hydrogens is 366 g/mol. The number of hydrogen-bond donors (Lipinski definition) is 2. The number of nitrogens with one attached hydrogen (secondary N) is 1. The lowest BCUT2D eigenvalue weighted by molar-refractivity contribution is 0.186. The second-order valence-electron chi connectivity index (χ2n) is 6.05. The number of aliphatic hydroxyl groups is 1. The molecular formula is C19H23N3O4S. The van der Waals surface area contributed by atoms with Gasteiger partial charge in [-0.15, -0.1) is 11.3 Å². The number of amidine groups is 1. The fourth-order valence-electron chi connectivity index (χ4n) is 2.97. The summed E-state index contributed by atoms with van der Waals surface area (Å²) in [4.78, 5) is 6.47. The van der Waals surface area contributed by atoms with Crippen LogP contribution >= 0.6 is 11.3 Å². The van der Waals surface area contributed by atoms with Crippen molar-refractivity contribution in [3.05, 3.63) is 34.3 Å². The molecule has 2 aromatic rings. The maximum atomic E-state index is 10.4. The fraction of sp³-hybridized carbons (Fsp3) is 0.368. The molecule has 0 aliphatic carbocycles. The third-order valence-corrected chi connectivity index (χ3v) is 5.22. The lowest BCUT2D eigenvalue weighted by Crippen LogP contribution is -2.28. The zero-order valence-corrected chi connectivity index (χ0v) is 16.4. The van der Waals surface area contributed by atoms with E-state index in [1.807, 2.05) is 28.5 Å². The third-order valence-electron chi connectivity index (χ3n) is 4.36. The molecule has 1 aromatic heterocycles. The van der Waals surface area contributed by atoms with Crippen LogP contribution in [0.2, 0.25) is 0 Å². The highest BCUT2D eigenvalue weighted by Gasteiger charge is 2.30. The van der Waals surface area contributed by atoms with E-state index >= 15 is 0 Å². The Morgan fingerprint density at radius 3 is 2.70 bits per heavy atom. The summed E-state index contributed by atoms with van der Waals surface area (Å²) in [5.74, 6) is 1.77. The number of hydrogen-bond acceptors (Lipinski definition) is 7. The highest BCUT2D eigenvalue weighted by atomic mass is 32.1. The lowest BCUT2D eigenvalue weighted by atomic mass is 10.1. The van der Waals surface area contributed by atoms with Gasteiger partial charge in [-0.3, -0.25) is 5.41 Å². The molecule has 0 saturated carbocycles. The van der Waals surface area contributed by atoms with E-state index in [1.54, 1.807) is 21.3 Å². The molecule has 1 aliphatic rings. The molecule has 0 bridgehead atoms. The molecule has 0 fully saturated rings. The minimum Gasteiger partial charge on any atom is -0.510 e. The monoisotopic (exact) mass is 389 g/mol. The molecule has 1 aromatic carbocycles. The first-order chi connectivity index (χ1) is 13.1. The zero-order chi connectivity index (χ0) is 19.4. The van der Waals surface area contributed by atoms with Gasteiger partial charge in [0.25, 0.3) is 0 Å². The van der Waals surface area contributed by atoms with Gasteiger partial charge in [0.15, 0.2) is 11.5 Å². The van der Waals surface area contributed by atoms with E-state index in [9.17, 15) is 5.11 Å². The van der Waals surface area contributed by atoms with Crippen LogP contribution < -0.4 is 9.47 Å². The second kappa shape index (κ2) is 8.41. The third kappa shape index (κ3) is 3.91. The predicted octanol–water partition coefficient (Wildman–Crippen LogP) is 3.43. The van der Waals surface area contributed by atoms with Crippen molar-refractivity contribution in [2.75, 3.05) is 41.0 Å².